The molecule has 5 heteroatoms. The summed E-state index contributed by atoms with van der Waals surface area (Å²) in [5, 5.41) is 3.32. The van der Waals surface area contributed by atoms with Crippen molar-refractivity contribution in [1.29, 1.82) is 0 Å². The van der Waals surface area contributed by atoms with Crippen LogP contribution in [-0.4, -0.2) is 42.6 Å². The second kappa shape index (κ2) is 7.80. The van der Waals surface area contributed by atoms with Gasteiger partial charge in [-0.15, -0.1) is 0 Å². The van der Waals surface area contributed by atoms with Crippen LogP contribution in [0.15, 0.2) is 28.7 Å². The Morgan fingerprint density at radius 3 is 2.76 bits per heavy atom. The molecule has 1 amide bonds. The van der Waals surface area contributed by atoms with Gasteiger partial charge >= 0.3 is 0 Å². The number of nitrogens with zero attached hydrogens (tertiary/aromatic N) is 1. The van der Waals surface area contributed by atoms with E-state index in [-0.39, 0.29) is 5.91 Å². The molecule has 4 nitrogen and oxygen atoms in total. The van der Waals surface area contributed by atoms with Gasteiger partial charge in [-0.05, 0) is 50.6 Å². The van der Waals surface area contributed by atoms with E-state index in [2.05, 4.69) is 28.2 Å². The zero-order valence-electron chi connectivity index (χ0n) is 12.6. The smallest absolute Gasteiger partial charge is 0.263 e. The zero-order valence-corrected chi connectivity index (χ0v) is 14.2. The van der Waals surface area contributed by atoms with Gasteiger partial charge in [-0.3, -0.25) is 4.79 Å². The summed E-state index contributed by atoms with van der Waals surface area (Å²) in [4.78, 5) is 14.6. The van der Waals surface area contributed by atoms with Gasteiger partial charge in [0.25, 0.3) is 5.91 Å². The fourth-order valence-corrected chi connectivity index (χ4v) is 2.88. The Kier molecular flexibility index (Phi) is 6.06. The van der Waals surface area contributed by atoms with Crippen molar-refractivity contribution in [2.24, 2.45) is 0 Å². The molecule has 0 aliphatic carbocycles. The summed E-state index contributed by atoms with van der Waals surface area (Å²) < 4.78 is 6.78. The number of hydrogen-bond donors (Lipinski definition) is 1. The van der Waals surface area contributed by atoms with Crippen LogP contribution in [0.25, 0.3) is 0 Å². The molecule has 0 spiro atoms. The Labute approximate surface area is 135 Å². The number of rotatable bonds is 6. The molecule has 1 heterocycles. The van der Waals surface area contributed by atoms with Crippen molar-refractivity contribution in [2.45, 2.75) is 38.8 Å². The molecule has 1 fully saturated rings. The van der Waals surface area contributed by atoms with E-state index >= 15 is 0 Å². The Morgan fingerprint density at radius 2 is 2.19 bits per heavy atom. The molecule has 0 saturated carbocycles. The van der Waals surface area contributed by atoms with E-state index in [1.165, 1.54) is 0 Å². The van der Waals surface area contributed by atoms with Crippen LogP contribution in [0.4, 0.5) is 0 Å². The average Bonchev–Trinajstić information content (AvgIpc) is 3.00. The molecule has 0 bridgehead atoms. The van der Waals surface area contributed by atoms with Gasteiger partial charge in [0.15, 0.2) is 6.10 Å². The number of benzene rings is 1. The summed E-state index contributed by atoms with van der Waals surface area (Å²) in [5.74, 6) is 0.800. The predicted molar refractivity (Wildman–Crippen MR) is 87.5 cm³/mol. The summed E-state index contributed by atoms with van der Waals surface area (Å²) in [6.45, 7) is 6.59. The molecule has 1 aromatic rings. The first-order valence-electron chi connectivity index (χ1n) is 7.55. The minimum Gasteiger partial charge on any atom is -0.481 e. The van der Waals surface area contributed by atoms with Crippen molar-refractivity contribution in [1.82, 2.24) is 10.2 Å². The normalized spacial score (nSPS) is 19.3. The molecular weight excluding hydrogens is 332 g/mol. The summed E-state index contributed by atoms with van der Waals surface area (Å²) >= 11 is 3.39. The number of nitrogens with one attached hydrogen (secondary N) is 1. The van der Waals surface area contributed by atoms with Gasteiger partial charge in [-0.25, -0.2) is 0 Å². The summed E-state index contributed by atoms with van der Waals surface area (Å²) in [5.41, 5.74) is 0. The number of hydrogen-bond acceptors (Lipinski definition) is 3. The standard InChI is InChI=1S/C16H23BrN2O2/c1-3-10-19(14-8-9-18-11-14)16(20)12(2)21-15-6-4-13(17)5-7-15/h4-7,12,14,18H,3,8-11H2,1-2H3. The molecule has 1 aliphatic heterocycles. The van der Waals surface area contributed by atoms with Gasteiger partial charge in [0.05, 0.1) is 0 Å². The highest BCUT2D eigenvalue weighted by Gasteiger charge is 2.29. The second-order valence-electron chi connectivity index (χ2n) is 5.39. The Bertz CT molecular complexity index is 458. The van der Waals surface area contributed by atoms with Crippen molar-refractivity contribution in [3.63, 3.8) is 0 Å². The first kappa shape index (κ1) is 16.3. The fourth-order valence-electron chi connectivity index (χ4n) is 2.62. The summed E-state index contributed by atoms with van der Waals surface area (Å²) in [6.07, 6.45) is 1.53. The van der Waals surface area contributed by atoms with Crippen LogP contribution in [0.3, 0.4) is 0 Å². The van der Waals surface area contributed by atoms with Gasteiger partial charge in [-0.2, -0.15) is 0 Å². The van der Waals surface area contributed by atoms with Crippen LogP contribution >= 0.6 is 15.9 Å². The third kappa shape index (κ3) is 4.45. The molecule has 2 unspecified atom stereocenters. The number of amides is 1. The lowest BCUT2D eigenvalue weighted by Gasteiger charge is -2.30. The van der Waals surface area contributed by atoms with Crippen LogP contribution in [0.1, 0.15) is 26.7 Å². The van der Waals surface area contributed by atoms with Gasteiger partial charge < -0.3 is 15.0 Å². The second-order valence-corrected chi connectivity index (χ2v) is 6.31. The minimum atomic E-state index is -0.460. The lowest BCUT2D eigenvalue weighted by Crippen LogP contribution is -2.47. The zero-order chi connectivity index (χ0) is 15.2. The molecule has 1 saturated heterocycles. The number of carbonyl (C=O) groups is 1. The monoisotopic (exact) mass is 354 g/mol. The van der Waals surface area contributed by atoms with Gasteiger partial charge in [0, 0.05) is 23.6 Å². The van der Waals surface area contributed by atoms with E-state index in [0.717, 1.165) is 42.7 Å². The molecule has 116 valence electrons. The molecule has 21 heavy (non-hydrogen) atoms. The van der Waals surface area contributed by atoms with E-state index in [4.69, 9.17) is 4.74 Å². The topological polar surface area (TPSA) is 41.6 Å². The fraction of sp³-hybridized carbons (Fsp3) is 0.562. The maximum absolute atomic E-state index is 12.7. The third-order valence-electron chi connectivity index (χ3n) is 3.70. The SMILES string of the molecule is CCCN(C(=O)C(C)Oc1ccc(Br)cc1)C1CCNC1. The third-order valence-corrected chi connectivity index (χ3v) is 4.23. The molecule has 0 aromatic heterocycles. The van der Waals surface area contributed by atoms with Crippen LogP contribution in [0.5, 0.6) is 5.75 Å². The molecule has 1 aliphatic rings. The molecule has 2 atom stereocenters. The summed E-state index contributed by atoms with van der Waals surface area (Å²) in [6, 6.07) is 7.87. The van der Waals surface area contributed by atoms with E-state index < -0.39 is 6.10 Å². The lowest BCUT2D eigenvalue weighted by molar-refractivity contribution is -0.140. The van der Waals surface area contributed by atoms with Crippen molar-refractivity contribution in [2.75, 3.05) is 19.6 Å². The Balaban J connectivity index is 1.99. The Hall–Kier alpha value is -1.07. The van der Waals surface area contributed by atoms with Crippen molar-refractivity contribution in [3.8, 4) is 5.75 Å². The van der Waals surface area contributed by atoms with Gasteiger partial charge in [-0.1, -0.05) is 22.9 Å². The highest BCUT2D eigenvalue weighted by atomic mass is 79.9. The van der Waals surface area contributed by atoms with E-state index in [0.29, 0.717) is 6.04 Å². The van der Waals surface area contributed by atoms with Gasteiger partial charge in [0.2, 0.25) is 0 Å². The predicted octanol–water partition coefficient (Wildman–Crippen LogP) is 2.82. The number of ether oxygens (including phenoxy) is 1. The van der Waals surface area contributed by atoms with E-state index in [9.17, 15) is 4.79 Å². The van der Waals surface area contributed by atoms with Crippen molar-refractivity contribution in [3.05, 3.63) is 28.7 Å². The maximum atomic E-state index is 12.7. The lowest BCUT2D eigenvalue weighted by atomic mass is 10.2. The van der Waals surface area contributed by atoms with Crippen LogP contribution < -0.4 is 10.1 Å². The van der Waals surface area contributed by atoms with Crippen molar-refractivity contribution >= 4 is 21.8 Å². The summed E-state index contributed by atoms with van der Waals surface area (Å²) in [7, 11) is 0. The molecule has 1 aromatic carbocycles. The molecule has 1 N–H and O–H groups in total. The maximum Gasteiger partial charge on any atom is 0.263 e. The molecule has 2 rings (SSSR count). The minimum absolute atomic E-state index is 0.0773. The number of halogens is 1. The van der Waals surface area contributed by atoms with Crippen LogP contribution in [-0.2, 0) is 4.79 Å². The largest absolute Gasteiger partial charge is 0.481 e. The quantitative estimate of drug-likeness (QED) is 0.853. The first-order chi connectivity index (χ1) is 10.1. The van der Waals surface area contributed by atoms with Crippen molar-refractivity contribution < 1.29 is 9.53 Å². The van der Waals surface area contributed by atoms with Crippen LogP contribution in [0, 0.1) is 0 Å². The Morgan fingerprint density at radius 1 is 1.48 bits per heavy atom. The van der Waals surface area contributed by atoms with Crippen LogP contribution in [0.2, 0.25) is 0 Å². The molecular formula is C16H23BrN2O2. The molecule has 0 radical (unpaired) electrons. The highest BCUT2D eigenvalue weighted by Crippen LogP contribution is 2.19. The first-order valence-corrected chi connectivity index (χ1v) is 8.34. The van der Waals surface area contributed by atoms with Gasteiger partial charge in [0.1, 0.15) is 5.75 Å². The average molecular weight is 355 g/mol. The van der Waals surface area contributed by atoms with E-state index in [1.54, 1.807) is 0 Å². The van der Waals surface area contributed by atoms with E-state index in [1.807, 2.05) is 36.1 Å². The highest BCUT2D eigenvalue weighted by molar-refractivity contribution is 9.10. The number of carbonyl (C=O) groups excluding carboxylic acids is 1.